The number of aliphatic hydroxyl groups is 5. The largest absolute Gasteiger partial charge is 0.394 e. The highest BCUT2D eigenvalue weighted by Gasteiger charge is 2.39. The van der Waals surface area contributed by atoms with Crippen LogP contribution in [0.4, 0.5) is 0 Å². The number of hydrogen-bond acceptors (Lipinski definition) is 6. The fourth-order valence-corrected chi connectivity index (χ4v) is 1.42. The molecule has 1 saturated heterocycles. The average Bonchev–Trinajstić information content (AvgIpc) is 2.13. The standard InChI is InChI=1S/C7H15NO5/c9-2-4(11)5-7(13)6(12)3(10)1-8-5/h3-13H,1-2H2/t3-,4+,5-,6+,7-/m1/s1. The lowest BCUT2D eigenvalue weighted by molar-refractivity contribution is -0.118. The molecule has 1 aliphatic heterocycles. The first-order valence-corrected chi connectivity index (χ1v) is 4.14. The summed E-state index contributed by atoms with van der Waals surface area (Å²) in [6, 6.07) is -0.802. The SMILES string of the molecule is OC[C@H](O)[C@H]1NC[C@@H](O)[C@H](O)[C@@H]1O. The van der Waals surface area contributed by atoms with Gasteiger partial charge in [-0.25, -0.2) is 0 Å². The molecule has 1 fully saturated rings. The number of β-amino-alcohol motifs (C(OH)–C–C–N with tert-alkyl or cyclic N) is 1. The summed E-state index contributed by atoms with van der Waals surface area (Å²) < 4.78 is 0. The maximum absolute atomic E-state index is 9.37. The van der Waals surface area contributed by atoms with Crippen molar-refractivity contribution in [3.05, 3.63) is 0 Å². The van der Waals surface area contributed by atoms with E-state index in [1.54, 1.807) is 0 Å². The van der Waals surface area contributed by atoms with Crippen LogP contribution in [0.25, 0.3) is 0 Å². The highest BCUT2D eigenvalue weighted by Crippen LogP contribution is 2.13. The van der Waals surface area contributed by atoms with Gasteiger partial charge in [-0.1, -0.05) is 0 Å². The predicted octanol–water partition coefficient (Wildman–Crippen LogP) is -3.61. The molecule has 0 bridgehead atoms. The second-order valence-electron chi connectivity index (χ2n) is 3.23. The topological polar surface area (TPSA) is 113 Å². The van der Waals surface area contributed by atoms with Gasteiger partial charge >= 0.3 is 0 Å². The van der Waals surface area contributed by atoms with E-state index in [1.165, 1.54) is 0 Å². The molecule has 5 atom stereocenters. The minimum absolute atomic E-state index is 0.0833. The summed E-state index contributed by atoms with van der Waals surface area (Å²) >= 11 is 0. The van der Waals surface area contributed by atoms with Gasteiger partial charge in [0.2, 0.25) is 0 Å². The zero-order valence-corrected chi connectivity index (χ0v) is 7.04. The Labute approximate surface area is 75.4 Å². The summed E-state index contributed by atoms with van der Waals surface area (Å²) in [6.07, 6.45) is -4.74. The summed E-state index contributed by atoms with van der Waals surface area (Å²) in [5.74, 6) is 0. The average molecular weight is 193 g/mol. The molecule has 0 radical (unpaired) electrons. The van der Waals surface area contributed by atoms with Gasteiger partial charge in [-0.15, -0.1) is 0 Å². The Hall–Kier alpha value is -0.240. The Morgan fingerprint density at radius 1 is 1.23 bits per heavy atom. The number of hydrogen-bond donors (Lipinski definition) is 6. The Morgan fingerprint density at radius 3 is 2.38 bits per heavy atom. The van der Waals surface area contributed by atoms with Gasteiger partial charge in [0.25, 0.3) is 0 Å². The molecule has 1 heterocycles. The van der Waals surface area contributed by atoms with E-state index in [2.05, 4.69) is 5.32 Å². The van der Waals surface area contributed by atoms with Crippen molar-refractivity contribution in [3.8, 4) is 0 Å². The first-order valence-electron chi connectivity index (χ1n) is 4.14. The normalized spacial score (nSPS) is 43.2. The van der Waals surface area contributed by atoms with Crippen molar-refractivity contribution in [1.29, 1.82) is 0 Å². The lowest BCUT2D eigenvalue weighted by Gasteiger charge is -2.37. The second-order valence-corrected chi connectivity index (χ2v) is 3.23. The Morgan fingerprint density at radius 2 is 1.85 bits per heavy atom. The van der Waals surface area contributed by atoms with E-state index in [0.29, 0.717) is 0 Å². The van der Waals surface area contributed by atoms with Crippen LogP contribution >= 0.6 is 0 Å². The maximum atomic E-state index is 9.37. The fourth-order valence-electron chi connectivity index (χ4n) is 1.42. The number of rotatable bonds is 2. The molecule has 6 nitrogen and oxygen atoms in total. The van der Waals surface area contributed by atoms with Crippen molar-refractivity contribution in [2.75, 3.05) is 13.2 Å². The molecule has 13 heavy (non-hydrogen) atoms. The van der Waals surface area contributed by atoms with Crippen LogP contribution in [0.1, 0.15) is 0 Å². The van der Waals surface area contributed by atoms with Gasteiger partial charge in [-0.2, -0.15) is 0 Å². The third-order valence-electron chi connectivity index (χ3n) is 2.28. The van der Waals surface area contributed by atoms with Gasteiger partial charge < -0.3 is 30.8 Å². The Balaban J connectivity index is 2.58. The number of aliphatic hydroxyl groups excluding tert-OH is 5. The van der Waals surface area contributed by atoms with Crippen LogP contribution in [0.15, 0.2) is 0 Å². The first kappa shape index (κ1) is 10.8. The van der Waals surface area contributed by atoms with Crippen molar-refractivity contribution in [3.63, 3.8) is 0 Å². The lowest BCUT2D eigenvalue weighted by Crippen LogP contribution is -2.63. The molecule has 1 aliphatic rings. The third-order valence-corrected chi connectivity index (χ3v) is 2.28. The zero-order chi connectivity index (χ0) is 10.0. The van der Waals surface area contributed by atoms with E-state index < -0.39 is 37.1 Å². The molecule has 78 valence electrons. The maximum Gasteiger partial charge on any atom is 0.109 e. The molecule has 0 aromatic heterocycles. The van der Waals surface area contributed by atoms with Crippen LogP contribution in [-0.4, -0.2) is 69.1 Å². The van der Waals surface area contributed by atoms with E-state index in [-0.39, 0.29) is 6.54 Å². The molecular weight excluding hydrogens is 178 g/mol. The fraction of sp³-hybridized carbons (Fsp3) is 1.00. The van der Waals surface area contributed by atoms with Crippen molar-refractivity contribution < 1.29 is 25.5 Å². The van der Waals surface area contributed by atoms with Crippen LogP contribution in [0.2, 0.25) is 0 Å². The van der Waals surface area contributed by atoms with Crippen LogP contribution in [0.3, 0.4) is 0 Å². The molecule has 6 N–H and O–H groups in total. The molecule has 0 aromatic rings. The van der Waals surface area contributed by atoms with Crippen LogP contribution in [0.5, 0.6) is 0 Å². The number of piperidine rings is 1. The molecular formula is C7H15NO5. The summed E-state index contributed by atoms with van der Waals surface area (Å²) in [4.78, 5) is 0. The Kier molecular flexibility index (Phi) is 3.60. The smallest absolute Gasteiger partial charge is 0.109 e. The second kappa shape index (κ2) is 4.32. The molecule has 0 spiro atoms. The molecule has 0 amide bonds. The Bertz CT molecular complexity index is 167. The minimum Gasteiger partial charge on any atom is -0.394 e. The van der Waals surface area contributed by atoms with Gasteiger partial charge in [-0.05, 0) is 0 Å². The predicted molar refractivity (Wildman–Crippen MR) is 42.9 cm³/mol. The first-order chi connectivity index (χ1) is 6.07. The molecule has 6 heteroatoms. The van der Waals surface area contributed by atoms with Crippen LogP contribution < -0.4 is 5.32 Å². The van der Waals surface area contributed by atoms with Crippen molar-refractivity contribution in [2.45, 2.75) is 30.5 Å². The summed E-state index contributed by atoms with van der Waals surface area (Å²) in [7, 11) is 0. The van der Waals surface area contributed by atoms with Crippen LogP contribution in [0, 0.1) is 0 Å². The van der Waals surface area contributed by atoms with Gasteiger partial charge in [0.1, 0.15) is 12.2 Å². The lowest BCUT2D eigenvalue weighted by atomic mass is 9.93. The van der Waals surface area contributed by atoms with Gasteiger partial charge in [0, 0.05) is 6.54 Å². The highest BCUT2D eigenvalue weighted by atomic mass is 16.4. The highest BCUT2D eigenvalue weighted by molar-refractivity contribution is 4.95. The van der Waals surface area contributed by atoms with E-state index >= 15 is 0 Å². The van der Waals surface area contributed by atoms with Gasteiger partial charge in [-0.3, -0.25) is 0 Å². The summed E-state index contributed by atoms with van der Waals surface area (Å²) in [6.45, 7) is -0.419. The number of nitrogens with one attached hydrogen (secondary N) is 1. The van der Waals surface area contributed by atoms with Crippen LogP contribution in [-0.2, 0) is 0 Å². The summed E-state index contributed by atoms with van der Waals surface area (Å²) in [5, 5.41) is 48.1. The summed E-state index contributed by atoms with van der Waals surface area (Å²) in [5.41, 5.74) is 0. The van der Waals surface area contributed by atoms with E-state index in [9.17, 15) is 15.3 Å². The third kappa shape index (κ3) is 2.16. The quantitative estimate of drug-likeness (QED) is 0.270. The van der Waals surface area contributed by atoms with E-state index in [4.69, 9.17) is 10.2 Å². The minimum atomic E-state index is -1.28. The zero-order valence-electron chi connectivity index (χ0n) is 7.04. The van der Waals surface area contributed by atoms with Crippen molar-refractivity contribution >= 4 is 0 Å². The van der Waals surface area contributed by atoms with E-state index in [1.807, 2.05) is 0 Å². The molecule has 0 aromatic carbocycles. The van der Waals surface area contributed by atoms with Crippen molar-refractivity contribution in [2.24, 2.45) is 0 Å². The monoisotopic (exact) mass is 193 g/mol. The van der Waals surface area contributed by atoms with Gasteiger partial charge in [0.15, 0.2) is 0 Å². The van der Waals surface area contributed by atoms with Gasteiger partial charge in [0.05, 0.1) is 24.9 Å². The van der Waals surface area contributed by atoms with E-state index in [0.717, 1.165) is 0 Å². The van der Waals surface area contributed by atoms with Crippen molar-refractivity contribution in [1.82, 2.24) is 5.32 Å². The molecule has 0 unspecified atom stereocenters. The molecule has 0 saturated carbocycles. The molecule has 1 rings (SSSR count). The molecule has 0 aliphatic carbocycles.